The van der Waals surface area contributed by atoms with E-state index in [1.54, 1.807) is 0 Å². The third-order valence-electron chi connectivity index (χ3n) is 5.58. The third kappa shape index (κ3) is 2.92. The average molecular weight is 236 g/mol. The zero-order chi connectivity index (χ0) is 12.4. The van der Waals surface area contributed by atoms with Gasteiger partial charge in [0.25, 0.3) is 0 Å². The number of hydrogen-bond donors (Lipinski definition) is 0. The highest BCUT2D eigenvalue weighted by atomic mass is 16.1. The summed E-state index contributed by atoms with van der Waals surface area (Å²) < 4.78 is 0. The Balaban J connectivity index is 1.98. The summed E-state index contributed by atoms with van der Waals surface area (Å²) in [7, 11) is 0. The second kappa shape index (κ2) is 5.54. The molecule has 5 unspecified atom stereocenters. The quantitative estimate of drug-likeness (QED) is 0.692. The molecule has 1 nitrogen and oxygen atoms in total. The molecule has 0 aliphatic heterocycles. The maximum atomic E-state index is 12.1. The zero-order valence-electron chi connectivity index (χ0n) is 11.7. The summed E-state index contributed by atoms with van der Waals surface area (Å²) in [6, 6.07) is 0. The van der Waals surface area contributed by atoms with Crippen molar-refractivity contribution in [2.24, 2.45) is 29.6 Å². The fourth-order valence-electron chi connectivity index (χ4n) is 3.92. The van der Waals surface area contributed by atoms with Crippen molar-refractivity contribution in [2.45, 2.75) is 65.7 Å². The van der Waals surface area contributed by atoms with Gasteiger partial charge in [0.15, 0.2) is 0 Å². The molecule has 2 rings (SSSR count). The zero-order valence-corrected chi connectivity index (χ0v) is 11.7. The van der Waals surface area contributed by atoms with Crippen LogP contribution in [0.15, 0.2) is 0 Å². The number of ketones is 1. The van der Waals surface area contributed by atoms with Crippen LogP contribution in [-0.4, -0.2) is 5.78 Å². The molecule has 0 heterocycles. The number of carbonyl (C=O) groups excluding carboxylic acids is 1. The van der Waals surface area contributed by atoms with Gasteiger partial charge in [-0.3, -0.25) is 4.79 Å². The lowest BCUT2D eigenvalue weighted by Crippen LogP contribution is -2.34. The van der Waals surface area contributed by atoms with Gasteiger partial charge >= 0.3 is 0 Å². The molecule has 0 aromatic carbocycles. The molecule has 0 amide bonds. The van der Waals surface area contributed by atoms with E-state index in [0.717, 1.165) is 30.6 Å². The van der Waals surface area contributed by atoms with Gasteiger partial charge in [-0.05, 0) is 49.4 Å². The van der Waals surface area contributed by atoms with E-state index < -0.39 is 0 Å². The van der Waals surface area contributed by atoms with Gasteiger partial charge in [-0.2, -0.15) is 0 Å². The first kappa shape index (κ1) is 13.1. The van der Waals surface area contributed by atoms with Gasteiger partial charge in [-0.15, -0.1) is 0 Å². The van der Waals surface area contributed by atoms with E-state index in [1.165, 1.54) is 32.1 Å². The van der Waals surface area contributed by atoms with E-state index in [0.29, 0.717) is 17.6 Å². The van der Waals surface area contributed by atoms with Gasteiger partial charge in [0.1, 0.15) is 5.78 Å². The smallest absolute Gasteiger partial charge is 0.136 e. The van der Waals surface area contributed by atoms with Crippen molar-refractivity contribution in [1.29, 1.82) is 0 Å². The molecule has 0 aromatic rings. The molecular formula is C16H28O. The first-order chi connectivity index (χ1) is 8.11. The van der Waals surface area contributed by atoms with Crippen LogP contribution in [0.5, 0.6) is 0 Å². The lowest BCUT2D eigenvalue weighted by Gasteiger charge is -2.39. The van der Waals surface area contributed by atoms with Gasteiger partial charge in [0.05, 0.1) is 0 Å². The Morgan fingerprint density at radius 3 is 2.47 bits per heavy atom. The van der Waals surface area contributed by atoms with Crippen molar-refractivity contribution in [3.05, 3.63) is 0 Å². The van der Waals surface area contributed by atoms with Crippen LogP contribution < -0.4 is 0 Å². The Hall–Kier alpha value is -0.330. The van der Waals surface area contributed by atoms with Crippen LogP contribution in [0, 0.1) is 29.6 Å². The van der Waals surface area contributed by atoms with Gasteiger partial charge in [0.2, 0.25) is 0 Å². The second-order valence-corrected chi connectivity index (χ2v) is 6.65. The van der Waals surface area contributed by atoms with E-state index in [2.05, 4.69) is 20.8 Å². The van der Waals surface area contributed by atoms with E-state index in [-0.39, 0.29) is 0 Å². The monoisotopic (exact) mass is 236 g/mol. The molecular weight excluding hydrogens is 208 g/mol. The highest BCUT2D eigenvalue weighted by molar-refractivity contribution is 5.82. The number of carbonyl (C=O) groups is 1. The van der Waals surface area contributed by atoms with Crippen molar-refractivity contribution in [3.8, 4) is 0 Å². The standard InChI is InChI=1S/C16H28O/c1-4-13-6-8-16(17)15(10-13)14-7-5-11(2)12(3)9-14/h11-15H,4-10H2,1-3H3. The Kier molecular flexibility index (Phi) is 4.27. The average Bonchev–Trinajstić information content (AvgIpc) is 2.33. The van der Waals surface area contributed by atoms with Crippen molar-refractivity contribution in [2.75, 3.05) is 0 Å². The normalized spacial score (nSPS) is 43.7. The molecule has 0 bridgehead atoms. The van der Waals surface area contributed by atoms with Crippen LogP contribution in [0.25, 0.3) is 0 Å². The summed E-state index contributed by atoms with van der Waals surface area (Å²) in [5.41, 5.74) is 0. The Morgan fingerprint density at radius 1 is 1.06 bits per heavy atom. The van der Waals surface area contributed by atoms with E-state index in [9.17, 15) is 4.79 Å². The number of Topliss-reactive ketones (excluding diaryl/α,β-unsaturated/α-hetero) is 1. The van der Waals surface area contributed by atoms with Crippen LogP contribution in [0.1, 0.15) is 65.7 Å². The number of rotatable bonds is 2. The molecule has 17 heavy (non-hydrogen) atoms. The van der Waals surface area contributed by atoms with Crippen molar-refractivity contribution in [3.63, 3.8) is 0 Å². The molecule has 0 spiro atoms. The summed E-state index contributed by atoms with van der Waals surface area (Å²) in [6.45, 7) is 7.03. The molecule has 0 aromatic heterocycles. The Labute approximate surface area is 106 Å². The maximum Gasteiger partial charge on any atom is 0.136 e. The summed E-state index contributed by atoms with van der Waals surface area (Å²) >= 11 is 0. The molecule has 98 valence electrons. The third-order valence-corrected chi connectivity index (χ3v) is 5.58. The minimum atomic E-state index is 0.420. The Bertz CT molecular complexity index is 271. The molecule has 2 saturated carbocycles. The van der Waals surface area contributed by atoms with Crippen LogP contribution in [0.3, 0.4) is 0 Å². The summed E-state index contributed by atoms with van der Waals surface area (Å²) in [4.78, 5) is 12.1. The van der Waals surface area contributed by atoms with E-state index in [1.807, 2.05) is 0 Å². The predicted molar refractivity (Wildman–Crippen MR) is 71.8 cm³/mol. The topological polar surface area (TPSA) is 17.1 Å². The minimum Gasteiger partial charge on any atom is -0.299 e. The Morgan fingerprint density at radius 2 is 1.82 bits per heavy atom. The van der Waals surface area contributed by atoms with Crippen molar-refractivity contribution in [1.82, 2.24) is 0 Å². The van der Waals surface area contributed by atoms with Gasteiger partial charge in [-0.1, -0.05) is 33.6 Å². The highest BCUT2D eigenvalue weighted by Crippen LogP contribution is 2.42. The van der Waals surface area contributed by atoms with Crippen molar-refractivity contribution >= 4 is 5.78 Å². The van der Waals surface area contributed by atoms with E-state index >= 15 is 0 Å². The first-order valence-corrected chi connectivity index (χ1v) is 7.64. The first-order valence-electron chi connectivity index (χ1n) is 7.64. The lowest BCUT2D eigenvalue weighted by molar-refractivity contribution is -0.128. The fraction of sp³-hybridized carbons (Fsp3) is 0.938. The fourth-order valence-corrected chi connectivity index (χ4v) is 3.92. The molecule has 2 aliphatic rings. The molecule has 0 radical (unpaired) electrons. The lowest BCUT2D eigenvalue weighted by atomic mass is 9.65. The van der Waals surface area contributed by atoms with Gasteiger partial charge in [-0.25, -0.2) is 0 Å². The SMILES string of the molecule is CCC1CCC(=O)C(C2CCC(C)C(C)C2)C1. The van der Waals surface area contributed by atoms with Crippen LogP contribution >= 0.6 is 0 Å². The molecule has 2 fully saturated rings. The summed E-state index contributed by atoms with van der Waals surface area (Å²) in [6.07, 6.45) is 8.43. The van der Waals surface area contributed by atoms with Crippen LogP contribution in [0.2, 0.25) is 0 Å². The van der Waals surface area contributed by atoms with Gasteiger partial charge in [0, 0.05) is 12.3 Å². The predicted octanol–water partition coefficient (Wildman–Crippen LogP) is 4.45. The number of hydrogen-bond acceptors (Lipinski definition) is 1. The molecule has 0 N–H and O–H groups in total. The van der Waals surface area contributed by atoms with Crippen molar-refractivity contribution < 1.29 is 4.79 Å². The summed E-state index contributed by atoms with van der Waals surface area (Å²) in [5, 5.41) is 0. The highest BCUT2D eigenvalue weighted by Gasteiger charge is 2.37. The van der Waals surface area contributed by atoms with Crippen LogP contribution in [-0.2, 0) is 4.79 Å². The second-order valence-electron chi connectivity index (χ2n) is 6.65. The minimum absolute atomic E-state index is 0.420. The van der Waals surface area contributed by atoms with Crippen LogP contribution in [0.4, 0.5) is 0 Å². The molecule has 5 atom stereocenters. The van der Waals surface area contributed by atoms with Gasteiger partial charge < -0.3 is 0 Å². The van der Waals surface area contributed by atoms with E-state index in [4.69, 9.17) is 0 Å². The summed E-state index contributed by atoms with van der Waals surface area (Å²) in [5.74, 6) is 4.23. The largest absolute Gasteiger partial charge is 0.299 e. The molecule has 2 aliphatic carbocycles. The maximum absolute atomic E-state index is 12.1. The molecule has 0 saturated heterocycles. The molecule has 1 heteroatoms.